The Kier molecular flexibility index (Phi) is 4.00. The summed E-state index contributed by atoms with van der Waals surface area (Å²) < 4.78 is 21.9. The van der Waals surface area contributed by atoms with Crippen molar-refractivity contribution in [2.45, 2.75) is 20.4 Å². The highest BCUT2D eigenvalue weighted by Gasteiger charge is 2.19. The number of rotatable bonds is 3. The van der Waals surface area contributed by atoms with E-state index in [1.165, 1.54) is 6.07 Å². The Labute approximate surface area is 155 Å². The molecule has 0 saturated carbocycles. The Bertz CT molecular complexity index is 1240. The van der Waals surface area contributed by atoms with Crippen molar-refractivity contribution in [1.82, 2.24) is 14.8 Å². The van der Waals surface area contributed by atoms with E-state index in [2.05, 4.69) is 10.1 Å². The molecule has 0 saturated heterocycles. The summed E-state index contributed by atoms with van der Waals surface area (Å²) in [4.78, 5) is 4.55. The molecular weight excluding hydrogens is 343 g/mol. The number of aromatic nitrogens is 3. The molecule has 2 aromatic heterocycles. The summed E-state index contributed by atoms with van der Waals surface area (Å²) in [5.41, 5.74) is 3.76. The average Bonchev–Trinajstić information content (AvgIpc) is 3.06. The predicted octanol–water partition coefficient (Wildman–Crippen LogP) is 4.60. The van der Waals surface area contributed by atoms with Gasteiger partial charge < -0.3 is 4.74 Å². The molecule has 0 fully saturated rings. The Morgan fingerprint density at radius 1 is 1.26 bits per heavy atom. The monoisotopic (exact) mass is 360 g/mol. The van der Waals surface area contributed by atoms with E-state index >= 15 is 0 Å². The first-order valence-corrected chi connectivity index (χ1v) is 8.61. The molecule has 0 radical (unpaired) electrons. The third-order valence-corrected chi connectivity index (χ3v) is 4.75. The van der Waals surface area contributed by atoms with E-state index in [9.17, 15) is 4.39 Å². The standard InChI is InChI=1S/C21H17FN4O/c1-4-26-18-11-24-17-9-19(27-3)12(2)7-15(17)20(18)21(25-26)14-6-5-13(10-23)8-16(14)22/h5-9,11H,4H2,1-3H3. The Morgan fingerprint density at radius 3 is 2.74 bits per heavy atom. The van der Waals surface area contributed by atoms with Gasteiger partial charge in [0.25, 0.3) is 0 Å². The van der Waals surface area contributed by atoms with Crippen LogP contribution in [-0.2, 0) is 6.54 Å². The molecule has 0 aliphatic rings. The van der Waals surface area contributed by atoms with Gasteiger partial charge in [-0.2, -0.15) is 10.4 Å². The molecule has 0 unspecified atom stereocenters. The van der Waals surface area contributed by atoms with Crippen molar-refractivity contribution in [1.29, 1.82) is 5.26 Å². The SMILES string of the molecule is CCn1nc(-c2ccc(C#N)cc2F)c2c3cc(C)c(OC)cc3ncc21. The molecule has 4 aromatic rings. The number of pyridine rings is 1. The first-order valence-electron chi connectivity index (χ1n) is 8.61. The molecule has 134 valence electrons. The highest BCUT2D eigenvalue weighted by Crippen LogP contribution is 2.36. The number of nitrogens with zero attached hydrogens (tertiary/aromatic N) is 4. The number of fused-ring (bicyclic) bond motifs is 3. The first-order chi connectivity index (χ1) is 13.1. The van der Waals surface area contributed by atoms with Gasteiger partial charge in [0.15, 0.2) is 0 Å². The minimum atomic E-state index is -0.466. The van der Waals surface area contributed by atoms with Crippen molar-refractivity contribution in [3.05, 3.63) is 53.5 Å². The fourth-order valence-electron chi connectivity index (χ4n) is 3.41. The lowest BCUT2D eigenvalue weighted by Crippen LogP contribution is -1.96. The van der Waals surface area contributed by atoms with Crippen LogP contribution in [0.1, 0.15) is 18.1 Å². The maximum atomic E-state index is 14.7. The van der Waals surface area contributed by atoms with Gasteiger partial charge in [0, 0.05) is 28.9 Å². The zero-order valence-electron chi connectivity index (χ0n) is 15.2. The van der Waals surface area contributed by atoms with Crippen LogP contribution >= 0.6 is 0 Å². The van der Waals surface area contributed by atoms with Gasteiger partial charge in [-0.15, -0.1) is 0 Å². The highest BCUT2D eigenvalue weighted by atomic mass is 19.1. The Balaban J connectivity index is 2.12. The van der Waals surface area contributed by atoms with Crippen molar-refractivity contribution in [3.63, 3.8) is 0 Å². The summed E-state index contributed by atoms with van der Waals surface area (Å²) in [6.45, 7) is 4.58. The van der Waals surface area contributed by atoms with Gasteiger partial charge in [-0.3, -0.25) is 9.67 Å². The fraction of sp³-hybridized carbons (Fsp3) is 0.190. The van der Waals surface area contributed by atoms with Gasteiger partial charge >= 0.3 is 0 Å². The summed E-state index contributed by atoms with van der Waals surface area (Å²) in [6, 6.07) is 10.3. The van der Waals surface area contributed by atoms with Crippen molar-refractivity contribution in [3.8, 4) is 23.1 Å². The van der Waals surface area contributed by atoms with Gasteiger partial charge in [-0.25, -0.2) is 4.39 Å². The van der Waals surface area contributed by atoms with Gasteiger partial charge in [-0.05, 0) is 43.7 Å². The third-order valence-electron chi connectivity index (χ3n) is 4.75. The number of benzene rings is 2. The maximum absolute atomic E-state index is 14.7. The molecule has 0 atom stereocenters. The zero-order valence-corrected chi connectivity index (χ0v) is 15.2. The number of halogens is 1. The summed E-state index contributed by atoms with van der Waals surface area (Å²) in [7, 11) is 1.62. The van der Waals surface area contributed by atoms with Crippen LogP contribution in [0.4, 0.5) is 4.39 Å². The number of hydrogen-bond acceptors (Lipinski definition) is 4. The summed E-state index contributed by atoms with van der Waals surface area (Å²) in [6.07, 6.45) is 1.76. The quantitative estimate of drug-likeness (QED) is 0.536. The van der Waals surface area contributed by atoms with Crippen LogP contribution in [0.5, 0.6) is 5.75 Å². The molecule has 2 heterocycles. The fourth-order valence-corrected chi connectivity index (χ4v) is 3.41. The van der Waals surface area contributed by atoms with E-state index in [1.54, 1.807) is 25.4 Å². The lowest BCUT2D eigenvalue weighted by molar-refractivity contribution is 0.412. The van der Waals surface area contributed by atoms with Crippen LogP contribution in [0.2, 0.25) is 0 Å². The molecule has 0 amide bonds. The number of aryl methyl sites for hydroxylation is 2. The minimum absolute atomic E-state index is 0.280. The first kappa shape index (κ1) is 17.0. The molecule has 2 aromatic carbocycles. The third kappa shape index (κ3) is 2.59. The molecule has 0 N–H and O–H groups in total. The number of nitriles is 1. The van der Waals surface area contributed by atoms with Gasteiger partial charge in [0.2, 0.25) is 0 Å². The van der Waals surface area contributed by atoms with Crippen LogP contribution in [0.15, 0.2) is 36.5 Å². The van der Waals surface area contributed by atoms with Crippen LogP contribution in [0.25, 0.3) is 33.1 Å². The Hall–Kier alpha value is -3.46. The van der Waals surface area contributed by atoms with Crippen molar-refractivity contribution >= 4 is 21.8 Å². The Morgan fingerprint density at radius 2 is 2.07 bits per heavy atom. The molecule has 0 aliphatic carbocycles. The van der Waals surface area contributed by atoms with E-state index < -0.39 is 5.82 Å². The average molecular weight is 360 g/mol. The molecule has 0 bridgehead atoms. The second-order valence-corrected chi connectivity index (χ2v) is 6.33. The van der Waals surface area contributed by atoms with Crippen LogP contribution in [-0.4, -0.2) is 21.9 Å². The second kappa shape index (κ2) is 6.36. The topological polar surface area (TPSA) is 63.7 Å². The molecule has 5 nitrogen and oxygen atoms in total. The second-order valence-electron chi connectivity index (χ2n) is 6.33. The van der Waals surface area contributed by atoms with Crippen LogP contribution in [0.3, 0.4) is 0 Å². The number of hydrogen-bond donors (Lipinski definition) is 0. The lowest BCUT2D eigenvalue weighted by Gasteiger charge is -2.08. The molecule has 0 spiro atoms. The molecule has 0 aliphatic heterocycles. The smallest absolute Gasteiger partial charge is 0.134 e. The molecule has 27 heavy (non-hydrogen) atoms. The van der Waals surface area contributed by atoms with E-state index in [4.69, 9.17) is 10.00 Å². The summed E-state index contributed by atoms with van der Waals surface area (Å²) >= 11 is 0. The summed E-state index contributed by atoms with van der Waals surface area (Å²) in [5, 5.41) is 15.4. The van der Waals surface area contributed by atoms with Gasteiger partial charge in [0.05, 0.1) is 36.0 Å². The van der Waals surface area contributed by atoms with E-state index in [-0.39, 0.29) is 5.56 Å². The van der Waals surface area contributed by atoms with E-state index in [1.807, 2.05) is 36.7 Å². The molecular formula is C21H17FN4O. The van der Waals surface area contributed by atoms with Crippen molar-refractivity contribution < 1.29 is 9.13 Å². The van der Waals surface area contributed by atoms with E-state index in [0.29, 0.717) is 17.8 Å². The van der Waals surface area contributed by atoms with Crippen molar-refractivity contribution in [2.75, 3.05) is 7.11 Å². The van der Waals surface area contributed by atoms with Gasteiger partial charge in [0.1, 0.15) is 17.3 Å². The predicted molar refractivity (Wildman–Crippen MR) is 102 cm³/mol. The normalized spacial score (nSPS) is 11.1. The van der Waals surface area contributed by atoms with Crippen LogP contribution in [0, 0.1) is 24.1 Å². The largest absolute Gasteiger partial charge is 0.496 e. The minimum Gasteiger partial charge on any atom is -0.496 e. The highest BCUT2D eigenvalue weighted by molar-refractivity contribution is 6.11. The summed E-state index contributed by atoms with van der Waals surface area (Å²) in [5.74, 6) is 0.287. The van der Waals surface area contributed by atoms with Gasteiger partial charge in [-0.1, -0.05) is 0 Å². The van der Waals surface area contributed by atoms with Crippen molar-refractivity contribution in [2.24, 2.45) is 0 Å². The molecule has 4 rings (SSSR count). The van der Waals surface area contributed by atoms with E-state index in [0.717, 1.165) is 33.1 Å². The zero-order chi connectivity index (χ0) is 19.1. The van der Waals surface area contributed by atoms with Crippen LogP contribution < -0.4 is 4.74 Å². The maximum Gasteiger partial charge on any atom is 0.134 e. The number of methoxy groups -OCH3 is 1. The lowest BCUT2D eigenvalue weighted by atomic mass is 10.0. The molecule has 6 heteroatoms. The number of ether oxygens (including phenoxy) is 1.